The van der Waals surface area contributed by atoms with E-state index in [0.29, 0.717) is 53.8 Å². The zero-order valence-corrected chi connectivity index (χ0v) is 20.7. The molecule has 3 aliphatic carbocycles. The molecule has 1 heterocycles. The average molecular weight is 515 g/mol. The van der Waals surface area contributed by atoms with E-state index in [1.54, 1.807) is 17.5 Å². The molecule has 35 heavy (non-hydrogen) atoms. The Hall–Kier alpha value is -2.85. The summed E-state index contributed by atoms with van der Waals surface area (Å²) in [4.78, 5) is 40.7. The average Bonchev–Trinajstić information content (AvgIpc) is 3.73. The van der Waals surface area contributed by atoms with Gasteiger partial charge in [0.15, 0.2) is 15.0 Å². The number of ketones is 1. The minimum Gasteiger partial charge on any atom is -0.481 e. The van der Waals surface area contributed by atoms with Crippen molar-refractivity contribution in [1.29, 1.82) is 0 Å². The van der Waals surface area contributed by atoms with Crippen LogP contribution < -0.4 is 5.32 Å². The second-order valence-corrected chi connectivity index (χ2v) is 12.6. The standard InChI is InChI=1S/C25H26N2O6S2/c28-18-5-1-14(9-18)10-21(24(31)27-25-26-17(13-34-25)12-23(29)30)16-4-8-22(20(11-16)15-2-3-15)35(32,33)19-6-7-19/h4,8,10-11,13-15,19H,1-3,5-7,9,12H2,(H,29,30)(H,26,27,31)/b21-10+/t14-/m0/s1. The van der Waals surface area contributed by atoms with Gasteiger partial charge in [0.05, 0.1) is 22.3 Å². The van der Waals surface area contributed by atoms with E-state index in [9.17, 15) is 22.8 Å². The van der Waals surface area contributed by atoms with Crippen LogP contribution in [0.3, 0.4) is 0 Å². The Kier molecular flexibility index (Phi) is 6.35. The fourth-order valence-electron chi connectivity index (χ4n) is 4.54. The van der Waals surface area contributed by atoms with Crippen molar-refractivity contribution in [2.24, 2.45) is 5.92 Å². The zero-order chi connectivity index (χ0) is 24.7. The molecule has 1 aromatic carbocycles. The van der Waals surface area contributed by atoms with Gasteiger partial charge in [-0.15, -0.1) is 11.3 Å². The van der Waals surface area contributed by atoms with E-state index in [-0.39, 0.29) is 34.4 Å². The molecule has 3 aliphatic rings. The van der Waals surface area contributed by atoms with Gasteiger partial charge in [-0.1, -0.05) is 12.1 Å². The van der Waals surface area contributed by atoms with E-state index in [1.165, 1.54) is 0 Å². The number of sulfone groups is 1. The number of thiazole rings is 1. The Labute approximate surface area is 207 Å². The Morgan fingerprint density at radius 2 is 1.94 bits per heavy atom. The second-order valence-electron chi connectivity index (χ2n) is 9.56. The summed E-state index contributed by atoms with van der Waals surface area (Å²) in [6.45, 7) is 0. The quantitative estimate of drug-likeness (QED) is 0.484. The van der Waals surface area contributed by atoms with Crippen molar-refractivity contribution in [1.82, 2.24) is 4.98 Å². The third kappa shape index (κ3) is 5.38. The number of carbonyl (C=O) groups excluding carboxylic acids is 2. The molecule has 0 unspecified atom stereocenters. The molecule has 0 bridgehead atoms. The number of Topliss-reactive ketones (excluding diaryl/α,β-unsaturated/α-hetero) is 1. The van der Waals surface area contributed by atoms with Crippen molar-refractivity contribution in [3.63, 3.8) is 0 Å². The number of aliphatic carboxylic acids is 1. The number of carbonyl (C=O) groups is 3. The SMILES string of the molecule is O=C(O)Cc1csc(NC(=O)/C(=C/[C@H]2CCC(=O)C2)c2ccc(S(=O)(=O)C3CC3)c(C3CC3)c2)n1. The van der Waals surface area contributed by atoms with Gasteiger partial charge in [0.2, 0.25) is 0 Å². The lowest BCUT2D eigenvalue weighted by molar-refractivity contribution is -0.136. The summed E-state index contributed by atoms with van der Waals surface area (Å²) in [6, 6.07) is 5.14. The number of anilines is 1. The number of nitrogens with one attached hydrogen (secondary N) is 1. The Morgan fingerprint density at radius 1 is 1.17 bits per heavy atom. The predicted molar refractivity (Wildman–Crippen MR) is 131 cm³/mol. The van der Waals surface area contributed by atoms with Crippen molar-refractivity contribution in [2.75, 3.05) is 5.32 Å². The van der Waals surface area contributed by atoms with E-state index >= 15 is 0 Å². The number of nitrogens with zero attached hydrogens (tertiary/aromatic N) is 1. The van der Waals surface area contributed by atoms with Gasteiger partial charge in [-0.25, -0.2) is 13.4 Å². The maximum absolute atomic E-state index is 13.4. The zero-order valence-electron chi connectivity index (χ0n) is 19.0. The lowest BCUT2D eigenvalue weighted by atomic mass is 9.96. The highest BCUT2D eigenvalue weighted by molar-refractivity contribution is 7.92. The number of carboxylic acids is 1. The van der Waals surface area contributed by atoms with Crippen molar-refractivity contribution in [2.45, 2.75) is 67.4 Å². The molecule has 2 N–H and O–H groups in total. The first-order valence-electron chi connectivity index (χ1n) is 11.8. The maximum Gasteiger partial charge on any atom is 0.309 e. The molecule has 8 nitrogen and oxygen atoms in total. The summed E-state index contributed by atoms with van der Waals surface area (Å²) in [6.07, 6.45) is 6.32. The van der Waals surface area contributed by atoms with Gasteiger partial charge in [0.1, 0.15) is 5.78 Å². The number of benzene rings is 1. The highest BCUT2D eigenvalue weighted by atomic mass is 32.2. The van der Waals surface area contributed by atoms with Gasteiger partial charge in [-0.3, -0.25) is 19.7 Å². The number of allylic oxidation sites excluding steroid dienone is 1. The summed E-state index contributed by atoms with van der Waals surface area (Å²) in [7, 11) is -3.37. The number of carboxylic acid groups (broad SMARTS) is 1. The molecule has 0 saturated heterocycles. The molecule has 1 atom stereocenters. The summed E-state index contributed by atoms with van der Waals surface area (Å²) in [5, 5.41) is 13.3. The molecular weight excluding hydrogens is 488 g/mol. The Balaban J connectivity index is 1.48. The van der Waals surface area contributed by atoms with Crippen LogP contribution in [0.5, 0.6) is 0 Å². The molecular formula is C25H26N2O6S2. The molecule has 2 aromatic rings. The first-order valence-corrected chi connectivity index (χ1v) is 14.2. The van der Waals surface area contributed by atoms with Crippen molar-refractivity contribution in [3.8, 4) is 0 Å². The van der Waals surface area contributed by atoms with Gasteiger partial charge in [-0.05, 0) is 67.2 Å². The minimum atomic E-state index is -3.37. The first-order chi connectivity index (χ1) is 16.7. The van der Waals surface area contributed by atoms with Crippen molar-refractivity contribution in [3.05, 3.63) is 46.5 Å². The van der Waals surface area contributed by atoms with Gasteiger partial charge in [0.25, 0.3) is 5.91 Å². The fourth-order valence-corrected chi connectivity index (χ4v) is 7.17. The number of hydrogen-bond acceptors (Lipinski definition) is 7. The van der Waals surface area contributed by atoms with Gasteiger partial charge in [-0.2, -0.15) is 0 Å². The summed E-state index contributed by atoms with van der Waals surface area (Å²) in [5.41, 5.74) is 2.11. The molecule has 0 spiro atoms. The summed E-state index contributed by atoms with van der Waals surface area (Å²) >= 11 is 1.14. The largest absolute Gasteiger partial charge is 0.481 e. The van der Waals surface area contributed by atoms with Crippen LogP contribution in [0.2, 0.25) is 0 Å². The molecule has 3 fully saturated rings. The molecule has 0 radical (unpaired) electrons. The smallest absolute Gasteiger partial charge is 0.309 e. The van der Waals surface area contributed by atoms with Crippen LogP contribution in [0.1, 0.15) is 67.7 Å². The van der Waals surface area contributed by atoms with E-state index in [1.807, 2.05) is 12.1 Å². The van der Waals surface area contributed by atoms with E-state index in [4.69, 9.17) is 5.11 Å². The van der Waals surface area contributed by atoms with Crippen molar-refractivity contribution < 1.29 is 27.9 Å². The van der Waals surface area contributed by atoms with Crippen LogP contribution >= 0.6 is 11.3 Å². The number of hydrogen-bond donors (Lipinski definition) is 2. The monoisotopic (exact) mass is 514 g/mol. The highest BCUT2D eigenvalue weighted by Crippen LogP contribution is 2.46. The van der Waals surface area contributed by atoms with Crippen LogP contribution in [-0.4, -0.2) is 41.4 Å². The van der Waals surface area contributed by atoms with Crippen LogP contribution in [0, 0.1) is 5.92 Å². The van der Waals surface area contributed by atoms with E-state index < -0.39 is 21.7 Å². The Morgan fingerprint density at radius 3 is 2.57 bits per heavy atom. The lowest BCUT2D eigenvalue weighted by Gasteiger charge is -2.15. The second kappa shape index (κ2) is 9.31. The van der Waals surface area contributed by atoms with Gasteiger partial charge >= 0.3 is 5.97 Å². The predicted octanol–water partition coefficient (Wildman–Crippen LogP) is 3.98. The van der Waals surface area contributed by atoms with E-state index in [2.05, 4.69) is 10.3 Å². The van der Waals surface area contributed by atoms with E-state index in [0.717, 1.165) is 29.7 Å². The Bertz CT molecular complexity index is 1340. The van der Waals surface area contributed by atoms with Crippen LogP contribution in [-0.2, 0) is 30.6 Å². The van der Waals surface area contributed by atoms with Crippen LogP contribution in [0.15, 0.2) is 34.6 Å². The molecule has 10 heteroatoms. The highest BCUT2D eigenvalue weighted by Gasteiger charge is 2.40. The van der Waals surface area contributed by atoms with Gasteiger partial charge in [0, 0.05) is 23.8 Å². The maximum atomic E-state index is 13.4. The molecule has 1 amide bonds. The number of aromatic nitrogens is 1. The molecule has 184 valence electrons. The third-order valence-corrected chi connectivity index (χ3v) is 9.78. The van der Waals surface area contributed by atoms with Gasteiger partial charge < -0.3 is 5.11 Å². The normalized spacial score (nSPS) is 20.7. The minimum absolute atomic E-state index is 0.0682. The lowest BCUT2D eigenvalue weighted by Crippen LogP contribution is -2.16. The molecule has 0 aliphatic heterocycles. The summed E-state index contributed by atoms with van der Waals surface area (Å²) in [5.74, 6) is -1.16. The third-order valence-electron chi connectivity index (χ3n) is 6.64. The topological polar surface area (TPSA) is 130 Å². The van der Waals surface area contributed by atoms with Crippen LogP contribution in [0.4, 0.5) is 5.13 Å². The number of amides is 1. The summed E-state index contributed by atoms with van der Waals surface area (Å²) < 4.78 is 26.0. The molecule has 3 saturated carbocycles. The van der Waals surface area contributed by atoms with Crippen molar-refractivity contribution >= 4 is 49.5 Å². The fraction of sp³-hybridized carbons (Fsp3) is 0.440. The number of rotatable bonds is 9. The molecule has 5 rings (SSSR count). The first kappa shape index (κ1) is 23.9. The van der Waals surface area contributed by atoms with Crippen LogP contribution in [0.25, 0.3) is 5.57 Å². The molecule has 1 aromatic heterocycles.